The third kappa shape index (κ3) is 30.0. The molecule has 268 valence electrons. The Hall–Kier alpha value is -1.10. The van der Waals surface area contributed by atoms with Crippen LogP contribution in [0, 0.1) is 0 Å². The van der Waals surface area contributed by atoms with E-state index in [0.29, 0.717) is 12.8 Å². The Bertz CT molecular complexity index is 602. The van der Waals surface area contributed by atoms with Crippen LogP contribution in [0.3, 0.4) is 0 Å². The molecule has 0 aliphatic rings. The molecule has 0 bridgehead atoms. The van der Waals surface area contributed by atoms with Crippen LogP contribution in [0.5, 0.6) is 0 Å². The molecule has 0 spiro atoms. The molecule has 0 aromatic heterocycles. The Morgan fingerprint density at radius 2 is 0.667 bits per heavy atom. The topological polar surface area (TPSA) is 89.6 Å². The molecule has 0 aromatic rings. The van der Waals surface area contributed by atoms with Gasteiger partial charge in [-0.15, -0.1) is 0 Å². The Balaban J connectivity index is 3.95. The van der Waals surface area contributed by atoms with E-state index >= 15 is 0 Å². The van der Waals surface area contributed by atoms with E-state index in [1.165, 1.54) is 167 Å². The Kier molecular flexibility index (Phi) is 33.4. The normalized spacial score (nSPS) is 11.8. The number of rotatable bonds is 38. The van der Waals surface area contributed by atoms with Gasteiger partial charge in [-0.1, -0.05) is 219 Å². The van der Waals surface area contributed by atoms with Gasteiger partial charge in [0.15, 0.2) is 0 Å². The third-order valence-corrected chi connectivity index (χ3v) is 9.79. The average Bonchev–Trinajstić information content (AvgIpc) is 3.02. The first-order valence-corrected chi connectivity index (χ1v) is 20.1. The largest absolute Gasteiger partial charge is 0.480 e. The maximum atomic E-state index is 12.5. The number of aliphatic carboxylic acids is 1. The lowest BCUT2D eigenvalue weighted by atomic mass is 9.88. The molecule has 0 saturated carbocycles. The summed E-state index contributed by atoms with van der Waals surface area (Å²) in [6.45, 7) is 4.09. The molecule has 0 aliphatic carbocycles. The molecule has 0 unspecified atom stereocenters. The molecule has 0 radical (unpaired) electrons. The van der Waals surface area contributed by atoms with E-state index in [1.807, 2.05) is 0 Å². The minimum Gasteiger partial charge on any atom is -0.480 e. The molecule has 0 fully saturated rings. The van der Waals surface area contributed by atoms with Crippen LogP contribution in [0.4, 0.5) is 0 Å². The van der Waals surface area contributed by atoms with Crippen molar-refractivity contribution in [1.29, 1.82) is 0 Å². The summed E-state index contributed by atoms with van der Waals surface area (Å²) < 4.78 is 5.73. The molecule has 0 aromatic carbocycles. The molecule has 45 heavy (non-hydrogen) atoms. The van der Waals surface area contributed by atoms with Crippen LogP contribution in [-0.2, 0) is 14.3 Å². The summed E-state index contributed by atoms with van der Waals surface area (Å²) in [6, 6.07) is 0. The smallest absolute Gasteiger partial charge is 0.329 e. The quantitative estimate of drug-likeness (QED) is 0.0659. The predicted molar refractivity (Wildman–Crippen MR) is 194 cm³/mol. The predicted octanol–water partition coefficient (Wildman–Crippen LogP) is 12.6. The van der Waals surface area contributed by atoms with E-state index < -0.39 is 24.1 Å². The molecular weight excluding hydrogens is 558 g/mol. The first kappa shape index (κ1) is 43.9. The van der Waals surface area contributed by atoms with Crippen LogP contribution in [0.1, 0.15) is 232 Å². The van der Waals surface area contributed by atoms with Crippen LogP contribution in [0.2, 0.25) is 0 Å². The fourth-order valence-corrected chi connectivity index (χ4v) is 6.70. The van der Waals surface area contributed by atoms with E-state index in [9.17, 15) is 14.7 Å². The van der Waals surface area contributed by atoms with Crippen LogP contribution in [0.15, 0.2) is 0 Å². The van der Waals surface area contributed by atoms with Crippen molar-refractivity contribution in [2.45, 2.75) is 238 Å². The van der Waals surface area contributed by atoms with Crippen molar-refractivity contribution < 1.29 is 19.4 Å². The van der Waals surface area contributed by atoms with Gasteiger partial charge in [-0.25, -0.2) is 4.79 Å². The number of amides is 1. The van der Waals surface area contributed by atoms with Gasteiger partial charge >= 0.3 is 5.97 Å². The number of primary amides is 1. The number of carboxylic acids is 1. The van der Waals surface area contributed by atoms with Crippen LogP contribution in [0.25, 0.3) is 0 Å². The molecule has 0 atom stereocenters. The molecule has 0 saturated heterocycles. The van der Waals surface area contributed by atoms with Crippen molar-refractivity contribution in [3.05, 3.63) is 0 Å². The van der Waals surface area contributed by atoms with Crippen molar-refractivity contribution in [3.63, 3.8) is 0 Å². The van der Waals surface area contributed by atoms with Crippen molar-refractivity contribution in [2.75, 3.05) is 6.61 Å². The zero-order valence-electron chi connectivity index (χ0n) is 30.5. The van der Waals surface area contributed by atoms with Crippen molar-refractivity contribution >= 4 is 11.9 Å². The summed E-state index contributed by atoms with van der Waals surface area (Å²) in [5, 5.41) is 9.21. The van der Waals surface area contributed by atoms with Crippen molar-refractivity contribution in [2.24, 2.45) is 5.73 Å². The molecule has 5 nitrogen and oxygen atoms in total. The van der Waals surface area contributed by atoms with E-state index in [2.05, 4.69) is 13.8 Å². The third-order valence-electron chi connectivity index (χ3n) is 9.79. The van der Waals surface area contributed by atoms with Gasteiger partial charge in [0.2, 0.25) is 5.91 Å². The molecular formula is C40H79NO4. The fourth-order valence-electron chi connectivity index (χ4n) is 6.70. The van der Waals surface area contributed by atoms with Gasteiger partial charge in [-0.05, 0) is 12.8 Å². The van der Waals surface area contributed by atoms with Crippen molar-refractivity contribution in [1.82, 2.24) is 0 Å². The highest BCUT2D eigenvalue weighted by molar-refractivity contribution is 5.83. The SMILES string of the molecule is CCCCCCCCCCCCCCCCCCC(CCCCCCCCCCCCCCCCCC)(OCC(=O)O)C(N)=O. The van der Waals surface area contributed by atoms with Crippen LogP contribution >= 0.6 is 0 Å². The molecule has 1 amide bonds. The van der Waals surface area contributed by atoms with Crippen molar-refractivity contribution in [3.8, 4) is 0 Å². The molecule has 0 aliphatic heterocycles. The summed E-state index contributed by atoms with van der Waals surface area (Å²) in [5.41, 5.74) is 4.70. The summed E-state index contributed by atoms with van der Waals surface area (Å²) in [6.07, 6.45) is 42.6. The van der Waals surface area contributed by atoms with Gasteiger partial charge in [0.25, 0.3) is 0 Å². The van der Waals surface area contributed by atoms with E-state index in [0.717, 1.165) is 38.5 Å². The Morgan fingerprint density at radius 3 is 0.867 bits per heavy atom. The second-order valence-corrected chi connectivity index (χ2v) is 14.1. The summed E-state index contributed by atoms with van der Waals surface area (Å²) in [7, 11) is 0. The minimum atomic E-state index is -1.13. The first-order valence-electron chi connectivity index (χ1n) is 20.1. The number of unbranched alkanes of at least 4 members (excludes halogenated alkanes) is 30. The highest BCUT2D eigenvalue weighted by Crippen LogP contribution is 2.28. The molecule has 0 heterocycles. The Labute approximate surface area is 281 Å². The van der Waals surface area contributed by atoms with Gasteiger partial charge in [0.1, 0.15) is 12.2 Å². The van der Waals surface area contributed by atoms with Gasteiger partial charge in [0.05, 0.1) is 0 Å². The maximum Gasteiger partial charge on any atom is 0.329 e. The van der Waals surface area contributed by atoms with E-state index in [1.54, 1.807) is 0 Å². The lowest BCUT2D eigenvalue weighted by molar-refractivity contribution is -0.159. The van der Waals surface area contributed by atoms with Gasteiger partial charge < -0.3 is 15.6 Å². The van der Waals surface area contributed by atoms with E-state index in [4.69, 9.17) is 10.5 Å². The molecule has 5 heteroatoms. The maximum absolute atomic E-state index is 12.5. The standard InChI is InChI=1S/C40H79NO4/c1-3-5-7-9-11-13-15-17-19-21-23-25-27-29-31-33-35-40(39(41)44,45-37-38(42)43)36-34-32-30-28-26-24-22-20-18-16-14-12-10-8-6-4-2/h3-37H2,1-2H3,(H2,41,44)(H,42,43). The number of carboxylic acid groups (broad SMARTS) is 1. The first-order chi connectivity index (χ1) is 22.0. The second kappa shape index (κ2) is 34.2. The lowest BCUT2D eigenvalue weighted by Crippen LogP contribution is -2.47. The lowest BCUT2D eigenvalue weighted by Gasteiger charge is -2.30. The number of nitrogens with two attached hydrogens (primary N) is 1. The molecule has 3 N–H and O–H groups in total. The fraction of sp³-hybridized carbons (Fsp3) is 0.950. The number of ether oxygens (including phenoxy) is 1. The second-order valence-electron chi connectivity index (χ2n) is 14.1. The average molecular weight is 638 g/mol. The van der Waals surface area contributed by atoms with Gasteiger partial charge in [-0.2, -0.15) is 0 Å². The van der Waals surface area contributed by atoms with Gasteiger partial charge in [0, 0.05) is 0 Å². The van der Waals surface area contributed by atoms with Gasteiger partial charge in [-0.3, -0.25) is 4.79 Å². The highest BCUT2D eigenvalue weighted by atomic mass is 16.5. The number of carbonyl (C=O) groups excluding carboxylic acids is 1. The zero-order chi connectivity index (χ0) is 33.1. The van der Waals surface area contributed by atoms with Crippen LogP contribution < -0.4 is 5.73 Å². The minimum absolute atomic E-state index is 0.458. The number of hydrogen-bond acceptors (Lipinski definition) is 3. The highest BCUT2D eigenvalue weighted by Gasteiger charge is 2.37. The zero-order valence-corrected chi connectivity index (χ0v) is 30.5. The Morgan fingerprint density at radius 1 is 0.444 bits per heavy atom. The van der Waals surface area contributed by atoms with E-state index in [-0.39, 0.29) is 0 Å². The number of carbonyl (C=O) groups is 2. The monoisotopic (exact) mass is 638 g/mol. The summed E-state index contributed by atoms with van der Waals surface area (Å²) in [4.78, 5) is 23.8. The summed E-state index contributed by atoms with van der Waals surface area (Å²) >= 11 is 0. The summed E-state index contributed by atoms with van der Waals surface area (Å²) in [5.74, 6) is -1.54. The number of hydrogen-bond donors (Lipinski definition) is 2. The molecule has 0 rings (SSSR count). The van der Waals surface area contributed by atoms with Crippen LogP contribution in [-0.4, -0.2) is 29.2 Å².